The van der Waals surface area contributed by atoms with Crippen molar-refractivity contribution in [3.05, 3.63) is 30.1 Å². The summed E-state index contributed by atoms with van der Waals surface area (Å²) in [6, 6.07) is -0.426. The van der Waals surface area contributed by atoms with Gasteiger partial charge in [0.1, 0.15) is 0 Å². The standard InChI is InChI=1S/C16H19F3N4O2/c1-10-6-11(10)4-5-21-14(24)3-2-13(20)12-7-22-15(23-8-12)25-9-16(17,18)19/h2-3,7-8,10-11,20H,4-6,9H2,1H3,(H,21,24)/b3-2-,20-13?. The van der Waals surface area contributed by atoms with E-state index in [-0.39, 0.29) is 17.2 Å². The fourth-order valence-electron chi connectivity index (χ4n) is 2.17. The number of hydrogen-bond acceptors (Lipinski definition) is 5. The molecule has 1 aromatic rings. The number of nitrogens with one attached hydrogen (secondary N) is 2. The highest BCUT2D eigenvalue weighted by Gasteiger charge is 2.31. The van der Waals surface area contributed by atoms with Crippen LogP contribution in [0.5, 0.6) is 6.01 Å². The number of halogens is 3. The maximum atomic E-state index is 12.0. The van der Waals surface area contributed by atoms with Crippen LogP contribution in [-0.4, -0.2) is 40.9 Å². The van der Waals surface area contributed by atoms with Gasteiger partial charge < -0.3 is 15.5 Å². The number of allylic oxidation sites excluding steroid dienone is 1. The monoisotopic (exact) mass is 356 g/mol. The first kappa shape index (κ1) is 18.9. The summed E-state index contributed by atoms with van der Waals surface area (Å²) >= 11 is 0. The number of nitrogens with zero attached hydrogens (tertiary/aromatic N) is 2. The third-order valence-electron chi connectivity index (χ3n) is 3.80. The average molecular weight is 356 g/mol. The Hall–Kier alpha value is -2.45. The zero-order valence-corrected chi connectivity index (χ0v) is 13.6. The molecule has 0 aliphatic heterocycles. The molecular weight excluding hydrogens is 337 g/mol. The second kappa shape index (κ2) is 8.09. The van der Waals surface area contributed by atoms with Crippen LogP contribution in [0.1, 0.15) is 25.3 Å². The number of alkyl halides is 3. The third-order valence-corrected chi connectivity index (χ3v) is 3.80. The molecule has 1 fully saturated rings. The van der Waals surface area contributed by atoms with Gasteiger partial charge in [0.25, 0.3) is 0 Å². The van der Waals surface area contributed by atoms with Crippen molar-refractivity contribution >= 4 is 11.6 Å². The normalized spacial score (nSPS) is 19.7. The molecule has 136 valence electrons. The Morgan fingerprint density at radius 1 is 1.40 bits per heavy atom. The van der Waals surface area contributed by atoms with Crippen LogP contribution in [-0.2, 0) is 4.79 Å². The molecule has 1 heterocycles. The van der Waals surface area contributed by atoms with Crippen molar-refractivity contribution < 1.29 is 22.7 Å². The molecule has 0 aromatic carbocycles. The molecule has 1 aromatic heterocycles. The predicted octanol–water partition coefficient (Wildman–Crippen LogP) is 2.50. The third kappa shape index (κ3) is 6.90. The van der Waals surface area contributed by atoms with Gasteiger partial charge in [-0.05, 0) is 30.8 Å². The fraction of sp³-hybridized carbons (Fsp3) is 0.500. The summed E-state index contributed by atoms with van der Waals surface area (Å²) in [4.78, 5) is 18.9. The van der Waals surface area contributed by atoms with Crippen LogP contribution >= 0.6 is 0 Å². The molecule has 0 saturated heterocycles. The van der Waals surface area contributed by atoms with Crippen molar-refractivity contribution in [2.75, 3.05) is 13.2 Å². The molecule has 1 aliphatic rings. The zero-order chi connectivity index (χ0) is 18.4. The maximum absolute atomic E-state index is 12.0. The zero-order valence-electron chi connectivity index (χ0n) is 13.6. The van der Waals surface area contributed by atoms with Gasteiger partial charge in [-0.15, -0.1) is 0 Å². The molecule has 2 unspecified atom stereocenters. The average Bonchev–Trinajstić information content (AvgIpc) is 3.26. The molecule has 25 heavy (non-hydrogen) atoms. The molecule has 1 amide bonds. The second-order valence-corrected chi connectivity index (χ2v) is 5.96. The number of rotatable bonds is 8. The summed E-state index contributed by atoms with van der Waals surface area (Å²) in [5.41, 5.74) is 0.226. The molecule has 9 heteroatoms. The van der Waals surface area contributed by atoms with Gasteiger partial charge >= 0.3 is 12.2 Å². The van der Waals surface area contributed by atoms with Gasteiger partial charge in [-0.1, -0.05) is 6.92 Å². The minimum absolute atomic E-state index is 0.0339. The summed E-state index contributed by atoms with van der Waals surface area (Å²) in [5.74, 6) is 1.13. The van der Waals surface area contributed by atoms with Gasteiger partial charge in [0.2, 0.25) is 5.91 Å². The molecule has 0 bridgehead atoms. The van der Waals surface area contributed by atoms with E-state index in [1.807, 2.05) is 0 Å². The maximum Gasteiger partial charge on any atom is 0.422 e. The van der Waals surface area contributed by atoms with E-state index in [0.29, 0.717) is 12.5 Å². The SMILES string of the molecule is CC1CC1CCNC(=O)/C=C\C(=N)c1cnc(OCC(F)(F)F)nc1. The lowest BCUT2D eigenvalue weighted by atomic mass is 10.2. The van der Waals surface area contributed by atoms with E-state index in [1.54, 1.807) is 0 Å². The minimum Gasteiger partial charge on any atom is -0.454 e. The van der Waals surface area contributed by atoms with Gasteiger partial charge in [-0.2, -0.15) is 13.2 Å². The second-order valence-electron chi connectivity index (χ2n) is 5.96. The van der Waals surface area contributed by atoms with Crippen molar-refractivity contribution in [3.63, 3.8) is 0 Å². The number of aromatic nitrogens is 2. The smallest absolute Gasteiger partial charge is 0.422 e. The molecule has 1 aliphatic carbocycles. The van der Waals surface area contributed by atoms with Crippen molar-refractivity contribution in [1.29, 1.82) is 5.41 Å². The predicted molar refractivity (Wildman–Crippen MR) is 84.4 cm³/mol. The Morgan fingerprint density at radius 2 is 2.04 bits per heavy atom. The molecule has 0 radical (unpaired) electrons. The number of ether oxygens (including phenoxy) is 1. The van der Waals surface area contributed by atoms with Crippen LogP contribution in [0, 0.1) is 17.2 Å². The van der Waals surface area contributed by atoms with E-state index in [2.05, 4.69) is 26.9 Å². The number of carbonyl (C=O) groups excluding carboxylic acids is 1. The summed E-state index contributed by atoms with van der Waals surface area (Å²) < 4.78 is 40.4. The van der Waals surface area contributed by atoms with Crippen molar-refractivity contribution in [3.8, 4) is 6.01 Å². The Kier molecular flexibility index (Phi) is 6.11. The Bertz CT molecular complexity index is 644. The first-order chi connectivity index (χ1) is 11.7. The summed E-state index contributed by atoms with van der Waals surface area (Å²) in [6.07, 6.45) is 2.53. The highest BCUT2D eigenvalue weighted by molar-refractivity contribution is 6.08. The van der Waals surface area contributed by atoms with Gasteiger partial charge in [-0.3, -0.25) is 4.79 Å². The highest BCUT2D eigenvalue weighted by Crippen LogP contribution is 2.39. The summed E-state index contributed by atoms with van der Waals surface area (Å²) in [7, 11) is 0. The molecular formula is C16H19F3N4O2. The van der Waals surface area contributed by atoms with Gasteiger partial charge in [0.15, 0.2) is 6.61 Å². The lowest BCUT2D eigenvalue weighted by molar-refractivity contribution is -0.154. The summed E-state index contributed by atoms with van der Waals surface area (Å²) in [5, 5.41) is 10.5. The fourth-order valence-corrected chi connectivity index (χ4v) is 2.17. The van der Waals surface area contributed by atoms with Crippen molar-refractivity contribution in [2.24, 2.45) is 11.8 Å². The van der Waals surface area contributed by atoms with Crippen molar-refractivity contribution in [2.45, 2.75) is 25.9 Å². The molecule has 6 nitrogen and oxygen atoms in total. The molecule has 1 saturated carbocycles. The lowest BCUT2D eigenvalue weighted by Gasteiger charge is -2.07. The Balaban J connectivity index is 1.76. The van der Waals surface area contributed by atoms with Gasteiger partial charge in [0, 0.05) is 30.6 Å². The Morgan fingerprint density at radius 3 is 2.60 bits per heavy atom. The lowest BCUT2D eigenvalue weighted by Crippen LogP contribution is -2.22. The van der Waals surface area contributed by atoms with Gasteiger partial charge in [0.05, 0.1) is 5.71 Å². The highest BCUT2D eigenvalue weighted by atomic mass is 19.4. The van der Waals surface area contributed by atoms with Crippen LogP contribution in [0.15, 0.2) is 24.5 Å². The Labute approximate surface area is 143 Å². The minimum atomic E-state index is -4.47. The van der Waals surface area contributed by atoms with E-state index in [9.17, 15) is 18.0 Å². The van der Waals surface area contributed by atoms with E-state index in [0.717, 1.165) is 24.7 Å². The van der Waals surface area contributed by atoms with Gasteiger partial charge in [-0.25, -0.2) is 9.97 Å². The van der Waals surface area contributed by atoms with Crippen molar-refractivity contribution in [1.82, 2.24) is 15.3 Å². The first-order valence-electron chi connectivity index (χ1n) is 7.81. The van der Waals surface area contributed by atoms with E-state index in [1.165, 1.54) is 18.6 Å². The van der Waals surface area contributed by atoms with E-state index < -0.39 is 18.8 Å². The summed E-state index contributed by atoms with van der Waals surface area (Å²) in [6.45, 7) is 1.29. The molecule has 2 atom stereocenters. The number of carbonyl (C=O) groups is 1. The van der Waals surface area contributed by atoms with Crippen LogP contribution in [0.25, 0.3) is 0 Å². The molecule has 2 rings (SSSR count). The topological polar surface area (TPSA) is 88.0 Å². The van der Waals surface area contributed by atoms with E-state index in [4.69, 9.17) is 5.41 Å². The van der Waals surface area contributed by atoms with Crippen LogP contribution in [0.2, 0.25) is 0 Å². The largest absolute Gasteiger partial charge is 0.454 e. The number of amides is 1. The van der Waals surface area contributed by atoms with Crippen LogP contribution in [0.4, 0.5) is 13.2 Å². The van der Waals surface area contributed by atoms with Crippen LogP contribution in [0.3, 0.4) is 0 Å². The van der Waals surface area contributed by atoms with E-state index >= 15 is 0 Å². The first-order valence-corrected chi connectivity index (χ1v) is 7.81. The number of hydrogen-bond donors (Lipinski definition) is 2. The quantitative estimate of drug-likeness (QED) is 0.553. The molecule has 2 N–H and O–H groups in total. The van der Waals surface area contributed by atoms with Crippen LogP contribution < -0.4 is 10.1 Å². The molecule has 0 spiro atoms.